The molecule has 3 nitrogen and oxygen atoms in total. The summed E-state index contributed by atoms with van der Waals surface area (Å²) < 4.78 is 4.84. The zero-order valence-electron chi connectivity index (χ0n) is 8.14. The van der Waals surface area contributed by atoms with Crippen LogP contribution in [0.1, 0.15) is 32.1 Å². The van der Waals surface area contributed by atoms with Crippen LogP contribution in [0.2, 0.25) is 0 Å². The van der Waals surface area contributed by atoms with Crippen molar-refractivity contribution in [2.75, 3.05) is 13.7 Å². The zero-order chi connectivity index (χ0) is 9.31. The molecule has 1 aliphatic carbocycles. The maximum absolute atomic E-state index is 11.5. The highest BCUT2D eigenvalue weighted by atomic mass is 16.5. The van der Waals surface area contributed by atoms with Crippen molar-refractivity contribution in [1.82, 2.24) is 5.32 Å². The lowest BCUT2D eigenvalue weighted by Gasteiger charge is -2.29. The SMILES string of the molecule is COC(=O)C1CCCC12CCCN2. The maximum atomic E-state index is 11.5. The van der Waals surface area contributed by atoms with Crippen LogP contribution in [0.15, 0.2) is 0 Å². The fourth-order valence-electron chi connectivity index (χ4n) is 2.90. The van der Waals surface area contributed by atoms with Crippen molar-refractivity contribution < 1.29 is 9.53 Å². The first-order chi connectivity index (χ1) is 6.28. The van der Waals surface area contributed by atoms with Crippen molar-refractivity contribution in [3.05, 3.63) is 0 Å². The summed E-state index contributed by atoms with van der Waals surface area (Å²) in [6, 6.07) is 0. The molecule has 0 radical (unpaired) electrons. The minimum absolute atomic E-state index is 0.0214. The van der Waals surface area contributed by atoms with Gasteiger partial charge in [0.25, 0.3) is 0 Å². The summed E-state index contributed by atoms with van der Waals surface area (Å²) in [7, 11) is 1.49. The van der Waals surface area contributed by atoms with Gasteiger partial charge >= 0.3 is 5.97 Å². The van der Waals surface area contributed by atoms with Crippen LogP contribution in [0.3, 0.4) is 0 Å². The highest BCUT2D eigenvalue weighted by Gasteiger charge is 2.48. The van der Waals surface area contributed by atoms with Crippen LogP contribution in [0.5, 0.6) is 0 Å². The quantitative estimate of drug-likeness (QED) is 0.618. The molecule has 74 valence electrons. The molecule has 1 spiro atoms. The molecule has 13 heavy (non-hydrogen) atoms. The topological polar surface area (TPSA) is 38.3 Å². The minimum atomic E-state index is -0.0214. The molecular formula is C10H17NO2. The highest BCUT2D eigenvalue weighted by Crippen LogP contribution is 2.42. The summed E-state index contributed by atoms with van der Waals surface area (Å²) in [5.74, 6) is 0.0897. The van der Waals surface area contributed by atoms with Crippen LogP contribution in [0.25, 0.3) is 0 Å². The van der Waals surface area contributed by atoms with Gasteiger partial charge in [-0.15, -0.1) is 0 Å². The number of hydrogen-bond acceptors (Lipinski definition) is 3. The zero-order valence-corrected chi connectivity index (χ0v) is 8.14. The predicted molar refractivity (Wildman–Crippen MR) is 49.3 cm³/mol. The van der Waals surface area contributed by atoms with Gasteiger partial charge in [-0.25, -0.2) is 0 Å². The van der Waals surface area contributed by atoms with E-state index in [1.54, 1.807) is 0 Å². The fourth-order valence-corrected chi connectivity index (χ4v) is 2.90. The molecule has 0 amide bonds. The van der Waals surface area contributed by atoms with E-state index in [1.807, 2.05) is 0 Å². The first kappa shape index (κ1) is 9.00. The van der Waals surface area contributed by atoms with E-state index in [2.05, 4.69) is 5.32 Å². The minimum Gasteiger partial charge on any atom is -0.469 e. The molecule has 1 saturated carbocycles. The van der Waals surface area contributed by atoms with Crippen molar-refractivity contribution >= 4 is 5.97 Å². The van der Waals surface area contributed by atoms with Gasteiger partial charge in [0.1, 0.15) is 0 Å². The molecule has 1 heterocycles. The van der Waals surface area contributed by atoms with Crippen molar-refractivity contribution in [2.45, 2.75) is 37.6 Å². The van der Waals surface area contributed by atoms with Gasteiger partial charge in [-0.3, -0.25) is 4.79 Å². The third-order valence-corrected chi connectivity index (χ3v) is 3.55. The van der Waals surface area contributed by atoms with Crippen LogP contribution in [0.4, 0.5) is 0 Å². The second-order valence-electron chi connectivity index (χ2n) is 4.15. The first-order valence-corrected chi connectivity index (χ1v) is 5.11. The number of carbonyl (C=O) groups is 1. The van der Waals surface area contributed by atoms with E-state index in [1.165, 1.54) is 13.5 Å². The molecule has 2 fully saturated rings. The Morgan fingerprint density at radius 3 is 2.85 bits per heavy atom. The van der Waals surface area contributed by atoms with Crippen LogP contribution < -0.4 is 5.32 Å². The van der Waals surface area contributed by atoms with Crippen LogP contribution in [-0.4, -0.2) is 25.2 Å². The number of nitrogens with one attached hydrogen (secondary N) is 1. The normalized spacial score (nSPS) is 38.4. The largest absolute Gasteiger partial charge is 0.469 e. The molecule has 2 atom stereocenters. The molecule has 3 heteroatoms. The van der Waals surface area contributed by atoms with E-state index in [4.69, 9.17) is 4.74 Å². The monoisotopic (exact) mass is 183 g/mol. The number of hydrogen-bond donors (Lipinski definition) is 1. The average Bonchev–Trinajstić information content (AvgIpc) is 2.76. The second-order valence-corrected chi connectivity index (χ2v) is 4.15. The molecule has 2 aliphatic rings. The lowest BCUT2D eigenvalue weighted by molar-refractivity contribution is -0.147. The summed E-state index contributed by atoms with van der Waals surface area (Å²) in [5.41, 5.74) is 0.104. The number of ether oxygens (including phenoxy) is 1. The third kappa shape index (κ3) is 1.35. The van der Waals surface area contributed by atoms with Crippen molar-refractivity contribution in [2.24, 2.45) is 5.92 Å². The van der Waals surface area contributed by atoms with E-state index in [9.17, 15) is 4.79 Å². The summed E-state index contributed by atoms with van der Waals surface area (Å²) in [6.45, 7) is 1.06. The average molecular weight is 183 g/mol. The van der Waals surface area contributed by atoms with Gasteiger partial charge in [0.2, 0.25) is 0 Å². The van der Waals surface area contributed by atoms with E-state index in [0.717, 1.165) is 32.2 Å². The van der Waals surface area contributed by atoms with E-state index in [0.29, 0.717) is 0 Å². The lowest BCUT2D eigenvalue weighted by Crippen LogP contribution is -2.46. The van der Waals surface area contributed by atoms with Gasteiger partial charge in [0, 0.05) is 5.54 Å². The predicted octanol–water partition coefficient (Wildman–Crippen LogP) is 1.08. The maximum Gasteiger partial charge on any atom is 0.310 e. The van der Waals surface area contributed by atoms with Crippen molar-refractivity contribution in [3.8, 4) is 0 Å². The molecule has 1 saturated heterocycles. The Labute approximate surface area is 78.8 Å². The summed E-state index contributed by atoms with van der Waals surface area (Å²) in [6.07, 6.45) is 5.65. The second kappa shape index (κ2) is 3.29. The Balaban J connectivity index is 2.13. The first-order valence-electron chi connectivity index (χ1n) is 5.11. The van der Waals surface area contributed by atoms with E-state index >= 15 is 0 Å². The Kier molecular flexibility index (Phi) is 2.28. The van der Waals surface area contributed by atoms with Gasteiger partial charge < -0.3 is 10.1 Å². The van der Waals surface area contributed by atoms with E-state index in [-0.39, 0.29) is 17.4 Å². The number of esters is 1. The van der Waals surface area contributed by atoms with Crippen molar-refractivity contribution in [3.63, 3.8) is 0 Å². The van der Waals surface area contributed by atoms with Gasteiger partial charge in [-0.1, -0.05) is 6.42 Å². The summed E-state index contributed by atoms with van der Waals surface area (Å²) >= 11 is 0. The molecule has 0 aromatic rings. The number of carbonyl (C=O) groups excluding carboxylic acids is 1. The molecule has 0 aromatic heterocycles. The highest BCUT2D eigenvalue weighted by molar-refractivity contribution is 5.74. The van der Waals surface area contributed by atoms with Gasteiger partial charge in [-0.05, 0) is 32.2 Å². The van der Waals surface area contributed by atoms with Gasteiger partial charge in [0.05, 0.1) is 13.0 Å². The van der Waals surface area contributed by atoms with E-state index < -0.39 is 0 Å². The lowest BCUT2D eigenvalue weighted by atomic mass is 9.86. The van der Waals surface area contributed by atoms with Crippen LogP contribution in [0, 0.1) is 5.92 Å². The Morgan fingerprint density at radius 1 is 1.46 bits per heavy atom. The fraction of sp³-hybridized carbons (Fsp3) is 0.900. The smallest absolute Gasteiger partial charge is 0.310 e. The van der Waals surface area contributed by atoms with Crippen LogP contribution >= 0.6 is 0 Å². The molecule has 2 rings (SSSR count). The summed E-state index contributed by atoms with van der Waals surface area (Å²) in [5, 5.41) is 3.50. The Hall–Kier alpha value is -0.570. The molecule has 1 N–H and O–H groups in total. The number of methoxy groups -OCH3 is 1. The Bertz CT molecular complexity index is 203. The molecular weight excluding hydrogens is 166 g/mol. The van der Waals surface area contributed by atoms with Crippen LogP contribution in [-0.2, 0) is 9.53 Å². The van der Waals surface area contributed by atoms with Crippen molar-refractivity contribution in [1.29, 1.82) is 0 Å². The van der Waals surface area contributed by atoms with Gasteiger partial charge in [-0.2, -0.15) is 0 Å². The standard InChI is InChI=1S/C10H17NO2/c1-13-9(12)8-4-2-5-10(8)6-3-7-11-10/h8,11H,2-7H2,1H3. The number of rotatable bonds is 1. The van der Waals surface area contributed by atoms with Gasteiger partial charge in [0.15, 0.2) is 0 Å². The third-order valence-electron chi connectivity index (χ3n) is 3.55. The molecule has 1 aliphatic heterocycles. The Morgan fingerprint density at radius 2 is 2.23 bits per heavy atom. The molecule has 0 aromatic carbocycles. The molecule has 2 unspecified atom stereocenters. The summed E-state index contributed by atoms with van der Waals surface area (Å²) in [4.78, 5) is 11.5. The molecule has 0 bridgehead atoms.